The van der Waals surface area contributed by atoms with Gasteiger partial charge < -0.3 is 14.8 Å². The van der Waals surface area contributed by atoms with E-state index in [1.54, 1.807) is 0 Å². The molecule has 7 heteroatoms. The third kappa shape index (κ3) is 2.36. The second kappa shape index (κ2) is 4.73. The number of carboxylic acids is 1. The monoisotopic (exact) mass is 233 g/mol. The van der Waals surface area contributed by atoms with Gasteiger partial charge in [-0.25, -0.2) is 8.78 Å². The van der Waals surface area contributed by atoms with Gasteiger partial charge in [0.05, 0.1) is 19.1 Å². The van der Waals surface area contributed by atoms with Crippen LogP contribution in [0.4, 0.5) is 8.78 Å². The van der Waals surface area contributed by atoms with Crippen LogP contribution in [0.3, 0.4) is 0 Å². The summed E-state index contributed by atoms with van der Waals surface area (Å²) in [5, 5.41) is 8.57. The van der Waals surface area contributed by atoms with Gasteiger partial charge in [0.15, 0.2) is 0 Å². The Bertz CT molecular complexity index is 455. The second-order valence-electron chi connectivity index (χ2n) is 2.95. The average Bonchev–Trinajstić information content (AvgIpc) is 2.16. The molecular weight excluding hydrogens is 224 g/mol. The molecule has 0 aliphatic heterocycles. The summed E-state index contributed by atoms with van der Waals surface area (Å²) < 4.78 is 29.9. The number of H-pyrrole nitrogens is 1. The first-order valence-electron chi connectivity index (χ1n) is 4.25. The van der Waals surface area contributed by atoms with Gasteiger partial charge in [-0.2, -0.15) is 0 Å². The number of aliphatic carboxylic acids is 1. The first kappa shape index (κ1) is 12.2. The van der Waals surface area contributed by atoms with Gasteiger partial charge in [0.25, 0.3) is 12.0 Å². The lowest BCUT2D eigenvalue weighted by molar-refractivity contribution is -0.136. The van der Waals surface area contributed by atoms with Crippen LogP contribution in [0.1, 0.15) is 17.6 Å². The summed E-state index contributed by atoms with van der Waals surface area (Å²) in [6.07, 6.45) is -2.67. The molecule has 5 nitrogen and oxygen atoms in total. The van der Waals surface area contributed by atoms with Gasteiger partial charge in [-0.15, -0.1) is 0 Å². The Hall–Kier alpha value is -1.92. The van der Waals surface area contributed by atoms with Gasteiger partial charge >= 0.3 is 5.97 Å². The minimum absolute atomic E-state index is 0.0719. The Balaban J connectivity index is 3.42. The largest absolute Gasteiger partial charge is 0.495 e. The Morgan fingerprint density at radius 3 is 2.69 bits per heavy atom. The van der Waals surface area contributed by atoms with Gasteiger partial charge in [-0.05, 0) is 0 Å². The molecular formula is C9H9F2NO4. The summed E-state index contributed by atoms with van der Waals surface area (Å²) >= 11 is 0. The molecule has 88 valence electrons. The van der Waals surface area contributed by atoms with E-state index in [9.17, 15) is 18.4 Å². The molecule has 0 spiro atoms. The van der Waals surface area contributed by atoms with Crippen LogP contribution in [0.15, 0.2) is 11.0 Å². The highest BCUT2D eigenvalue weighted by Gasteiger charge is 2.22. The van der Waals surface area contributed by atoms with Gasteiger partial charge in [0, 0.05) is 11.8 Å². The second-order valence-corrected chi connectivity index (χ2v) is 2.95. The molecule has 0 aliphatic carbocycles. The Labute approximate surface area is 88.7 Å². The maximum absolute atomic E-state index is 12.6. The number of rotatable bonds is 4. The van der Waals surface area contributed by atoms with Crippen LogP contribution in [0.5, 0.6) is 5.75 Å². The molecule has 0 aromatic carbocycles. The van der Waals surface area contributed by atoms with Crippen LogP contribution in [0.25, 0.3) is 0 Å². The molecule has 0 atom stereocenters. The Morgan fingerprint density at radius 1 is 1.62 bits per heavy atom. The smallest absolute Gasteiger partial charge is 0.307 e. The van der Waals surface area contributed by atoms with E-state index in [0.717, 1.165) is 6.20 Å². The number of pyridine rings is 1. The summed E-state index contributed by atoms with van der Waals surface area (Å²) in [6, 6.07) is 0. The third-order valence-corrected chi connectivity index (χ3v) is 1.97. The topological polar surface area (TPSA) is 79.4 Å². The van der Waals surface area contributed by atoms with Crippen molar-refractivity contribution in [1.82, 2.24) is 4.98 Å². The first-order chi connectivity index (χ1) is 7.47. The molecule has 1 aromatic rings. The van der Waals surface area contributed by atoms with Crippen molar-refractivity contribution in [3.8, 4) is 5.75 Å². The SMILES string of the molecule is COc1c[nH]c(=O)c(C(F)F)c1CC(=O)O. The number of hydrogen-bond acceptors (Lipinski definition) is 3. The van der Waals surface area contributed by atoms with Crippen molar-refractivity contribution in [3.63, 3.8) is 0 Å². The number of methoxy groups -OCH3 is 1. The molecule has 16 heavy (non-hydrogen) atoms. The molecule has 1 heterocycles. The van der Waals surface area contributed by atoms with Gasteiger partial charge in [-0.3, -0.25) is 9.59 Å². The molecule has 0 bridgehead atoms. The average molecular weight is 233 g/mol. The van der Waals surface area contributed by atoms with E-state index >= 15 is 0 Å². The van der Waals surface area contributed by atoms with Crippen molar-refractivity contribution in [2.45, 2.75) is 12.8 Å². The summed E-state index contributed by atoms with van der Waals surface area (Å²) in [6.45, 7) is 0. The minimum Gasteiger partial charge on any atom is -0.495 e. The minimum atomic E-state index is -3.05. The zero-order chi connectivity index (χ0) is 12.3. The predicted octanol–water partition coefficient (Wildman–Crippen LogP) is 0.948. The number of aromatic nitrogens is 1. The number of carbonyl (C=O) groups is 1. The fourth-order valence-corrected chi connectivity index (χ4v) is 1.31. The Kier molecular flexibility index (Phi) is 3.60. The molecule has 0 radical (unpaired) electrons. The lowest BCUT2D eigenvalue weighted by Gasteiger charge is -2.10. The van der Waals surface area contributed by atoms with Crippen LogP contribution in [-0.4, -0.2) is 23.2 Å². The molecule has 1 rings (SSSR count). The number of carboxylic acid groups (broad SMARTS) is 1. The van der Waals surface area contributed by atoms with Crippen LogP contribution >= 0.6 is 0 Å². The van der Waals surface area contributed by atoms with Crippen LogP contribution < -0.4 is 10.3 Å². The van der Waals surface area contributed by atoms with E-state index < -0.39 is 29.9 Å². The fraction of sp³-hybridized carbons (Fsp3) is 0.333. The number of alkyl halides is 2. The molecule has 0 saturated heterocycles. The van der Waals surface area contributed by atoms with E-state index in [-0.39, 0.29) is 11.3 Å². The van der Waals surface area contributed by atoms with Crippen LogP contribution in [0.2, 0.25) is 0 Å². The zero-order valence-corrected chi connectivity index (χ0v) is 8.29. The fourth-order valence-electron chi connectivity index (χ4n) is 1.31. The van der Waals surface area contributed by atoms with Crippen molar-refractivity contribution < 1.29 is 23.4 Å². The summed E-state index contributed by atoms with van der Waals surface area (Å²) in [5.74, 6) is -1.39. The number of nitrogens with one attached hydrogen (secondary N) is 1. The highest BCUT2D eigenvalue weighted by Crippen LogP contribution is 2.26. The number of hydrogen-bond donors (Lipinski definition) is 2. The van der Waals surface area contributed by atoms with Crippen molar-refractivity contribution in [3.05, 3.63) is 27.7 Å². The maximum atomic E-state index is 12.6. The number of halogens is 2. The number of aromatic amines is 1. The van der Waals surface area contributed by atoms with E-state index in [4.69, 9.17) is 9.84 Å². The lowest BCUT2D eigenvalue weighted by Crippen LogP contribution is -2.18. The van der Waals surface area contributed by atoms with Crippen molar-refractivity contribution in [2.24, 2.45) is 0 Å². The summed E-state index contributed by atoms with van der Waals surface area (Å²) in [5.41, 5.74) is -2.16. The molecule has 0 amide bonds. The summed E-state index contributed by atoms with van der Waals surface area (Å²) in [7, 11) is 1.20. The standard InChI is InChI=1S/C9H9F2NO4/c1-16-5-3-12-9(15)7(8(10)11)4(5)2-6(13)14/h3,8H,2H2,1H3,(H,12,15)(H,13,14). The molecule has 0 fully saturated rings. The molecule has 0 unspecified atom stereocenters. The quantitative estimate of drug-likeness (QED) is 0.811. The van der Waals surface area contributed by atoms with E-state index in [2.05, 4.69) is 4.98 Å². The summed E-state index contributed by atoms with van der Waals surface area (Å²) in [4.78, 5) is 23.7. The van der Waals surface area contributed by atoms with Gasteiger partial charge in [0.1, 0.15) is 5.75 Å². The molecule has 2 N–H and O–H groups in total. The predicted molar refractivity (Wildman–Crippen MR) is 49.9 cm³/mol. The lowest BCUT2D eigenvalue weighted by atomic mass is 10.1. The van der Waals surface area contributed by atoms with Gasteiger partial charge in [-0.1, -0.05) is 0 Å². The van der Waals surface area contributed by atoms with E-state index in [1.807, 2.05) is 0 Å². The van der Waals surface area contributed by atoms with Crippen LogP contribution in [0, 0.1) is 0 Å². The van der Waals surface area contributed by atoms with Gasteiger partial charge in [0.2, 0.25) is 0 Å². The van der Waals surface area contributed by atoms with Crippen molar-refractivity contribution >= 4 is 5.97 Å². The number of ether oxygens (including phenoxy) is 1. The zero-order valence-electron chi connectivity index (χ0n) is 8.29. The van der Waals surface area contributed by atoms with Crippen molar-refractivity contribution in [2.75, 3.05) is 7.11 Å². The first-order valence-corrected chi connectivity index (χ1v) is 4.25. The van der Waals surface area contributed by atoms with E-state index in [0.29, 0.717) is 0 Å². The highest BCUT2D eigenvalue weighted by atomic mass is 19.3. The molecule has 0 aliphatic rings. The Morgan fingerprint density at radius 2 is 2.25 bits per heavy atom. The molecule has 1 aromatic heterocycles. The third-order valence-electron chi connectivity index (χ3n) is 1.97. The maximum Gasteiger partial charge on any atom is 0.307 e. The highest BCUT2D eigenvalue weighted by molar-refractivity contribution is 5.72. The normalized spacial score (nSPS) is 10.5. The van der Waals surface area contributed by atoms with E-state index in [1.165, 1.54) is 7.11 Å². The van der Waals surface area contributed by atoms with Crippen LogP contribution in [-0.2, 0) is 11.2 Å². The van der Waals surface area contributed by atoms with Crippen molar-refractivity contribution in [1.29, 1.82) is 0 Å². The molecule has 0 saturated carbocycles.